The Morgan fingerprint density at radius 1 is 1.10 bits per heavy atom. The van der Waals surface area contributed by atoms with E-state index in [0.717, 1.165) is 36.8 Å². The molecule has 2 aromatic rings. The van der Waals surface area contributed by atoms with Gasteiger partial charge in [-0.3, -0.25) is 4.79 Å². The molecular formula is C24H30N2O4S. The summed E-state index contributed by atoms with van der Waals surface area (Å²) in [6, 6.07) is 12.6. The number of hydrogen-bond acceptors (Lipinski definition) is 4. The largest absolute Gasteiger partial charge is 0.491 e. The molecule has 0 aromatic heterocycles. The van der Waals surface area contributed by atoms with Crippen LogP contribution in [0.4, 0.5) is 0 Å². The molecule has 2 fully saturated rings. The molecule has 166 valence electrons. The van der Waals surface area contributed by atoms with Gasteiger partial charge in [-0.15, -0.1) is 0 Å². The van der Waals surface area contributed by atoms with Crippen LogP contribution < -0.4 is 10.1 Å². The van der Waals surface area contributed by atoms with Gasteiger partial charge in [0, 0.05) is 24.2 Å². The fourth-order valence-corrected chi connectivity index (χ4v) is 5.27. The van der Waals surface area contributed by atoms with Crippen molar-refractivity contribution in [3.8, 4) is 5.75 Å². The number of benzene rings is 2. The van der Waals surface area contributed by atoms with Gasteiger partial charge >= 0.3 is 0 Å². The van der Waals surface area contributed by atoms with Gasteiger partial charge in [0.05, 0.1) is 11.0 Å². The van der Waals surface area contributed by atoms with Crippen LogP contribution in [0.1, 0.15) is 61.0 Å². The standard InChI is InChI=1S/C24H30N2O4S/c1-16(2)30-23-13-12-22(14-17(23)3)31(28,29)26(21-10-11-21)15-18-4-6-19(7-5-18)24(27)25-20-8-9-20/h4-7,12-14,16,20-21H,8-11,15H2,1-3H3,(H,25,27). The zero-order valence-electron chi connectivity index (χ0n) is 18.3. The van der Waals surface area contributed by atoms with Crippen molar-refractivity contribution in [1.82, 2.24) is 9.62 Å². The molecule has 1 amide bonds. The molecule has 31 heavy (non-hydrogen) atoms. The fourth-order valence-electron chi connectivity index (χ4n) is 3.51. The van der Waals surface area contributed by atoms with Crippen molar-refractivity contribution in [3.63, 3.8) is 0 Å². The summed E-state index contributed by atoms with van der Waals surface area (Å²) in [7, 11) is -3.64. The number of nitrogens with one attached hydrogen (secondary N) is 1. The van der Waals surface area contributed by atoms with Gasteiger partial charge in [0.25, 0.3) is 5.91 Å². The number of aryl methyl sites for hydroxylation is 1. The second kappa shape index (κ2) is 8.63. The smallest absolute Gasteiger partial charge is 0.251 e. The van der Waals surface area contributed by atoms with Crippen LogP contribution in [0.5, 0.6) is 5.75 Å². The van der Waals surface area contributed by atoms with Crippen LogP contribution in [0.2, 0.25) is 0 Å². The van der Waals surface area contributed by atoms with E-state index >= 15 is 0 Å². The van der Waals surface area contributed by atoms with Gasteiger partial charge in [0.15, 0.2) is 0 Å². The molecule has 0 bridgehead atoms. The van der Waals surface area contributed by atoms with E-state index in [9.17, 15) is 13.2 Å². The number of nitrogens with zero attached hydrogens (tertiary/aromatic N) is 1. The number of carbonyl (C=O) groups is 1. The lowest BCUT2D eigenvalue weighted by Gasteiger charge is -2.23. The Balaban J connectivity index is 1.51. The van der Waals surface area contributed by atoms with Crippen molar-refractivity contribution in [3.05, 3.63) is 59.2 Å². The zero-order valence-corrected chi connectivity index (χ0v) is 19.1. The average molecular weight is 443 g/mol. The minimum absolute atomic E-state index is 0.0229. The summed E-state index contributed by atoms with van der Waals surface area (Å²) in [5, 5.41) is 2.97. The highest BCUT2D eigenvalue weighted by Gasteiger charge is 2.38. The lowest BCUT2D eigenvalue weighted by Crippen LogP contribution is -2.32. The van der Waals surface area contributed by atoms with Gasteiger partial charge in [-0.2, -0.15) is 4.31 Å². The van der Waals surface area contributed by atoms with Crippen LogP contribution in [0.3, 0.4) is 0 Å². The molecule has 0 radical (unpaired) electrons. The van der Waals surface area contributed by atoms with Gasteiger partial charge in [-0.05, 0) is 87.9 Å². The predicted octanol–water partition coefficient (Wildman–Crippen LogP) is 4.03. The van der Waals surface area contributed by atoms with E-state index < -0.39 is 10.0 Å². The van der Waals surface area contributed by atoms with Crippen molar-refractivity contribution >= 4 is 15.9 Å². The van der Waals surface area contributed by atoms with E-state index in [2.05, 4.69) is 5.32 Å². The molecular weight excluding hydrogens is 412 g/mol. The molecule has 0 heterocycles. The van der Waals surface area contributed by atoms with E-state index in [0.29, 0.717) is 23.9 Å². The van der Waals surface area contributed by atoms with Crippen molar-refractivity contribution in [1.29, 1.82) is 0 Å². The molecule has 0 saturated heterocycles. The molecule has 0 spiro atoms. The van der Waals surface area contributed by atoms with Crippen LogP contribution in [-0.4, -0.2) is 36.8 Å². The molecule has 2 saturated carbocycles. The highest BCUT2D eigenvalue weighted by atomic mass is 32.2. The lowest BCUT2D eigenvalue weighted by atomic mass is 10.1. The van der Waals surface area contributed by atoms with Crippen molar-refractivity contribution in [2.45, 2.75) is 76.1 Å². The molecule has 7 heteroatoms. The SMILES string of the molecule is Cc1cc(S(=O)(=O)N(Cc2ccc(C(=O)NC3CC3)cc2)C2CC2)ccc1OC(C)C. The number of hydrogen-bond donors (Lipinski definition) is 1. The first kappa shape index (κ1) is 21.8. The fraction of sp³-hybridized carbons (Fsp3) is 0.458. The van der Waals surface area contributed by atoms with E-state index in [4.69, 9.17) is 4.74 Å². The Hall–Kier alpha value is -2.38. The maximum atomic E-state index is 13.4. The van der Waals surface area contributed by atoms with E-state index in [-0.39, 0.29) is 22.9 Å². The molecule has 1 N–H and O–H groups in total. The summed E-state index contributed by atoms with van der Waals surface area (Å²) in [6.07, 6.45) is 3.85. The van der Waals surface area contributed by atoms with Crippen molar-refractivity contribution < 1.29 is 17.9 Å². The molecule has 2 aliphatic rings. The third-order valence-corrected chi connectivity index (χ3v) is 7.43. The Bertz CT molecular complexity index is 1060. The number of sulfonamides is 1. The summed E-state index contributed by atoms with van der Waals surface area (Å²) >= 11 is 0. The van der Waals surface area contributed by atoms with Crippen molar-refractivity contribution in [2.75, 3.05) is 0 Å². The molecule has 2 aliphatic carbocycles. The second-order valence-corrected chi connectivity index (χ2v) is 10.7. The maximum absolute atomic E-state index is 13.4. The molecule has 4 rings (SSSR count). The van der Waals surface area contributed by atoms with Crippen LogP contribution in [0, 0.1) is 6.92 Å². The van der Waals surface area contributed by atoms with Crippen LogP contribution in [-0.2, 0) is 16.6 Å². The first-order chi connectivity index (χ1) is 14.7. The van der Waals surface area contributed by atoms with Gasteiger partial charge in [0.2, 0.25) is 10.0 Å². The molecule has 0 unspecified atom stereocenters. The number of amides is 1. The summed E-state index contributed by atoms with van der Waals surface area (Å²) < 4.78 is 34.2. The Labute approximate surface area is 184 Å². The predicted molar refractivity (Wildman–Crippen MR) is 120 cm³/mol. The molecule has 0 aliphatic heterocycles. The van der Waals surface area contributed by atoms with Gasteiger partial charge in [-0.25, -0.2) is 8.42 Å². The van der Waals surface area contributed by atoms with Gasteiger partial charge in [-0.1, -0.05) is 12.1 Å². The highest BCUT2D eigenvalue weighted by molar-refractivity contribution is 7.89. The average Bonchev–Trinajstić information content (AvgIpc) is 3.63. The monoisotopic (exact) mass is 442 g/mol. The highest BCUT2D eigenvalue weighted by Crippen LogP contribution is 2.34. The molecule has 6 nitrogen and oxygen atoms in total. The van der Waals surface area contributed by atoms with Crippen LogP contribution >= 0.6 is 0 Å². The van der Waals surface area contributed by atoms with Gasteiger partial charge < -0.3 is 10.1 Å². The van der Waals surface area contributed by atoms with Gasteiger partial charge in [0.1, 0.15) is 5.75 Å². The summed E-state index contributed by atoms with van der Waals surface area (Å²) in [6.45, 7) is 6.05. The third kappa shape index (κ3) is 5.28. The van der Waals surface area contributed by atoms with Crippen molar-refractivity contribution in [2.24, 2.45) is 0 Å². The summed E-state index contributed by atoms with van der Waals surface area (Å²) in [5.41, 5.74) is 2.28. The Morgan fingerprint density at radius 2 is 1.77 bits per heavy atom. The third-order valence-electron chi connectivity index (χ3n) is 5.54. The van der Waals surface area contributed by atoms with E-state index in [1.165, 1.54) is 0 Å². The molecule has 0 atom stereocenters. The number of carbonyl (C=O) groups excluding carboxylic acids is 1. The zero-order chi connectivity index (χ0) is 22.2. The first-order valence-electron chi connectivity index (χ1n) is 10.9. The quantitative estimate of drug-likeness (QED) is 0.636. The minimum Gasteiger partial charge on any atom is -0.491 e. The topological polar surface area (TPSA) is 75.7 Å². The Kier molecular flexibility index (Phi) is 6.08. The van der Waals surface area contributed by atoms with E-state index in [1.807, 2.05) is 32.9 Å². The second-order valence-electron chi connectivity index (χ2n) is 8.82. The summed E-state index contributed by atoms with van der Waals surface area (Å²) in [4.78, 5) is 12.5. The maximum Gasteiger partial charge on any atom is 0.251 e. The first-order valence-corrected chi connectivity index (χ1v) is 12.4. The summed E-state index contributed by atoms with van der Waals surface area (Å²) in [5.74, 6) is 0.631. The minimum atomic E-state index is -3.64. The van der Waals surface area contributed by atoms with E-state index in [1.54, 1.807) is 34.6 Å². The molecule has 2 aromatic carbocycles. The normalized spacial score (nSPS) is 16.5. The number of ether oxygens (including phenoxy) is 1. The lowest BCUT2D eigenvalue weighted by molar-refractivity contribution is 0.0951. The Morgan fingerprint density at radius 3 is 2.32 bits per heavy atom. The van der Waals surface area contributed by atoms with Crippen LogP contribution in [0.25, 0.3) is 0 Å². The number of rotatable bonds is 9. The van der Waals surface area contributed by atoms with Crippen LogP contribution in [0.15, 0.2) is 47.4 Å².